The Bertz CT molecular complexity index is 182. The molecular weight excluding hydrogens is 182 g/mol. The fraction of sp³-hybridized carbons (Fsp3) is 1.00. The predicted octanol–water partition coefficient (Wildman–Crippen LogP) is 3.72. The van der Waals surface area contributed by atoms with Gasteiger partial charge in [0.1, 0.15) is 0 Å². The third kappa shape index (κ3) is 3.21. The first-order valence-electron chi connectivity index (χ1n) is 7.01. The maximum atomic E-state index is 5.96. The normalized spacial score (nSPS) is 42.8. The largest absolute Gasteiger partial charge is 0.328 e. The zero-order valence-electron chi connectivity index (χ0n) is 10.3. The van der Waals surface area contributed by atoms with Gasteiger partial charge in [0.05, 0.1) is 0 Å². The lowest BCUT2D eigenvalue weighted by molar-refractivity contribution is 0.184. The second kappa shape index (κ2) is 5.34. The van der Waals surface area contributed by atoms with E-state index in [1.165, 1.54) is 57.8 Å². The van der Waals surface area contributed by atoms with E-state index >= 15 is 0 Å². The van der Waals surface area contributed by atoms with Gasteiger partial charge >= 0.3 is 0 Å². The molecule has 2 unspecified atom stereocenters. The predicted molar refractivity (Wildman–Crippen MR) is 65.7 cm³/mol. The first-order valence-corrected chi connectivity index (χ1v) is 7.01. The van der Waals surface area contributed by atoms with Crippen LogP contribution in [-0.2, 0) is 0 Å². The summed E-state index contributed by atoms with van der Waals surface area (Å²) in [7, 11) is 0. The molecule has 1 nitrogen and oxygen atoms in total. The monoisotopic (exact) mass is 209 g/mol. The second-order valence-electron chi connectivity index (χ2n) is 6.04. The lowest BCUT2D eigenvalue weighted by atomic mass is 9.72. The van der Waals surface area contributed by atoms with Crippen LogP contribution in [0.1, 0.15) is 64.7 Å². The minimum atomic E-state index is 0.519. The minimum absolute atomic E-state index is 0.519. The molecule has 2 N–H and O–H groups in total. The third-order valence-corrected chi connectivity index (χ3v) is 4.82. The van der Waals surface area contributed by atoms with E-state index in [0.29, 0.717) is 6.04 Å². The van der Waals surface area contributed by atoms with E-state index in [0.717, 1.165) is 17.8 Å². The zero-order valence-corrected chi connectivity index (χ0v) is 10.3. The highest BCUT2D eigenvalue weighted by molar-refractivity contribution is 4.79. The standard InChI is InChI=1S/C14H27N/c1-11-4-2-3-5-13(11)10-12-6-8-14(15)9-7-12/h11-14H,2-10,15H2,1H3. The molecule has 0 bridgehead atoms. The van der Waals surface area contributed by atoms with Gasteiger partial charge in [0.25, 0.3) is 0 Å². The van der Waals surface area contributed by atoms with E-state index in [4.69, 9.17) is 5.73 Å². The van der Waals surface area contributed by atoms with Crippen LogP contribution in [0.2, 0.25) is 0 Å². The smallest absolute Gasteiger partial charge is 0.00390 e. The minimum Gasteiger partial charge on any atom is -0.328 e. The molecule has 2 fully saturated rings. The van der Waals surface area contributed by atoms with Crippen LogP contribution in [0, 0.1) is 17.8 Å². The van der Waals surface area contributed by atoms with Gasteiger partial charge in [-0.25, -0.2) is 0 Å². The molecule has 2 saturated carbocycles. The molecule has 0 aromatic carbocycles. The summed E-state index contributed by atoms with van der Waals surface area (Å²) in [6.45, 7) is 2.47. The molecule has 15 heavy (non-hydrogen) atoms. The van der Waals surface area contributed by atoms with Crippen LogP contribution in [0.5, 0.6) is 0 Å². The van der Waals surface area contributed by atoms with Crippen molar-refractivity contribution in [3.63, 3.8) is 0 Å². The highest BCUT2D eigenvalue weighted by Crippen LogP contribution is 2.37. The van der Waals surface area contributed by atoms with Gasteiger partial charge in [-0.3, -0.25) is 0 Å². The summed E-state index contributed by atoms with van der Waals surface area (Å²) >= 11 is 0. The molecule has 2 aliphatic rings. The molecule has 0 spiro atoms. The van der Waals surface area contributed by atoms with Crippen LogP contribution in [0.4, 0.5) is 0 Å². The van der Waals surface area contributed by atoms with Gasteiger partial charge in [-0.05, 0) is 49.9 Å². The molecule has 2 aliphatic carbocycles. The van der Waals surface area contributed by atoms with E-state index in [1.807, 2.05) is 0 Å². The highest BCUT2D eigenvalue weighted by Gasteiger charge is 2.26. The number of rotatable bonds is 2. The summed E-state index contributed by atoms with van der Waals surface area (Å²) in [5.41, 5.74) is 5.96. The topological polar surface area (TPSA) is 26.0 Å². The zero-order chi connectivity index (χ0) is 10.7. The molecule has 0 heterocycles. The molecule has 0 aromatic heterocycles. The molecule has 1 heteroatoms. The molecule has 2 atom stereocenters. The number of hydrogen-bond acceptors (Lipinski definition) is 1. The maximum absolute atomic E-state index is 5.96. The van der Waals surface area contributed by atoms with E-state index < -0.39 is 0 Å². The van der Waals surface area contributed by atoms with Gasteiger partial charge in [-0.1, -0.05) is 32.6 Å². The highest BCUT2D eigenvalue weighted by atomic mass is 14.6. The Hall–Kier alpha value is -0.0400. The quantitative estimate of drug-likeness (QED) is 0.737. The average molecular weight is 209 g/mol. The molecule has 88 valence electrons. The van der Waals surface area contributed by atoms with Gasteiger partial charge in [-0.2, -0.15) is 0 Å². The van der Waals surface area contributed by atoms with Crippen LogP contribution in [0.25, 0.3) is 0 Å². The van der Waals surface area contributed by atoms with Crippen molar-refractivity contribution in [2.45, 2.75) is 70.8 Å². The molecule has 0 amide bonds. The van der Waals surface area contributed by atoms with Gasteiger partial charge in [-0.15, -0.1) is 0 Å². The molecule has 0 aliphatic heterocycles. The van der Waals surface area contributed by atoms with Crippen molar-refractivity contribution in [1.29, 1.82) is 0 Å². The summed E-state index contributed by atoms with van der Waals surface area (Å²) in [5, 5.41) is 0. The Morgan fingerprint density at radius 2 is 1.60 bits per heavy atom. The average Bonchev–Trinajstić information content (AvgIpc) is 2.25. The van der Waals surface area contributed by atoms with Crippen molar-refractivity contribution in [1.82, 2.24) is 0 Å². The fourth-order valence-electron chi connectivity index (χ4n) is 3.60. The van der Waals surface area contributed by atoms with E-state index in [-0.39, 0.29) is 0 Å². The number of nitrogens with two attached hydrogens (primary N) is 1. The van der Waals surface area contributed by atoms with Gasteiger partial charge in [0.2, 0.25) is 0 Å². The third-order valence-electron chi connectivity index (χ3n) is 4.82. The Morgan fingerprint density at radius 3 is 2.27 bits per heavy atom. The van der Waals surface area contributed by atoms with E-state index in [1.54, 1.807) is 0 Å². The molecular formula is C14H27N. The van der Waals surface area contributed by atoms with Crippen molar-refractivity contribution in [3.8, 4) is 0 Å². The van der Waals surface area contributed by atoms with Crippen LogP contribution < -0.4 is 5.73 Å². The first kappa shape index (κ1) is 11.4. The van der Waals surface area contributed by atoms with Crippen molar-refractivity contribution in [2.75, 3.05) is 0 Å². The molecule has 0 saturated heterocycles. The Morgan fingerprint density at radius 1 is 0.933 bits per heavy atom. The molecule has 2 rings (SSSR count). The Balaban J connectivity index is 1.75. The lowest BCUT2D eigenvalue weighted by Gasteiger charge is -2.34. The fourth-order valence-corrected chi connectivity index (χ4v) is 3.60. The number of hydrogen-bond donors (Lipinski definition) is 1. The Kier molecular flexibility index (Phi) is 4.07. The second-order valence-corrected chi connectivity index (χ2v) is 6.04. The van der Waals surface area contributed by atoms with Crippen LogP contribution >= 0.6 is 0 Å². The lowest BCUT2D eigenvalue weighted by Crippen LogP contribution is -2.28. The van der Waals surface area contributed by atoms with Crippen molar-refractivity contribution in [3.05, 3.63) is 0 Å². The summed E-state index contributed by atoms with van der Waals surface area (Å²) in [6, 6.07) is 0.519. The summed E-state index contributed by atoms with van der Waals surface area (Å²) < 4.78 is 0. The van der Waals surface area contributed by atoms with Crippen LogP contribution in [0.15, 0.2) is 0 Å². The molecule has 0 aromatic rings. The summed E-state index contributed by atoms with van der Waals surface area (Å²) in [5.74, 6) is 3.04. The summed E-state index contributed by atoms with van der Waals surface area (Å²) in [6.07, 6.45) is 12.8. The van der Waals surface area contributed by atoms with E-state index in [2.05, 4.69) is 6.92 Å². The maximum Gasteiger partial charge on any atom is 0.00390 e. The molecule has 0 radical (unpaired) electrons. The first-order chi connectivity index (χ1) is 7.25. The van der Waals surface area contributed by atoms with Gasteiger partial charge in [0.15, 0.2) is 0 Å². The van der Waals surface area contributed by atoms with Crippen molar-refractivity contribution in [2.24, 2.45) is 23.5 Å². The van der Waals surface area contributed by atoms with Gasteiger partial charge in [0, 0.05) is 6.04 Å². The SMILES string of the molecule is CC1CCCCC1CC1CCC(N)CC1. The van der Waals surface area contributed by atoms with E-state index in [9.17, 15) is 0 Å². The van der Waals surface area contributed by atoms with Crippen molar-refractivity contribution < 1.29 is 0 Å². The van der Waals surface area contributed by atoms with Crippen LogP contribution in [-0.4, -0.2) is 6.04 Å². The Labute approximate surface area is 94.8 Å². The summed E-state index contributed by atoms with van der Waals surface area (Å²) in [4.78, 5) is 0. The van der Waals surface area contributed by atoms with Crippen molar-refractivity contribution >= 4 is 0 Å². The van der Waals surface area contributed by atoms with Gasteiger partial charge < -0.3 is 5.73 Å². The van der Waals surface area contributed by atoms with Crippen LogP contribution in [0.3, 0.4) is 0 Å².